The number of nitriles is 1. The molecule has 1 saturated heterocycles. The van der Waals surface area contributed by atoms with Crippen molar-refractivity contribution in [1.82, 2.24) is 24.7 Å². The fraction of sp³-hybridized carbons (Fsp3) is 0.333. The molecule has 2 aliphatic heterocycles. The lowest BCUT2D eigenvalue weighted by Gasteiger charge is -2.45. The lowest BCUT2D eigenvalue weighted by molar-refractivity contribution is -0.173. The Labute approximate surface area is 200 Å². The second-order valence-corrected chi connectivity index (χ2v) is 8.39. The summed E-state index contributed by atoms with van der Waals surface area (Å²) in [6, 6.07) is 9.00. The van der Waals surface area contributed by atoms with Gasteiger partial charge in [-0.2, -0.15) is 15.5 Å². The van der Waals surface area contributed by atoms with Crippen LogP contribution in [0, 0.1) is 23.0 Å². The smallest absolute Gasteiger partial charge is 0.202 e. The van der Waals surface area contributed by atoms with Gasteiger partial charge in [-0.15, -0.1) is 0 Å². The quantitative estimate of drug-likeness (QED) is 0.556. The van der Waals surface area contributed by atoms with Crippen LogP contribution in [0.4, 0.5) is 8.78 Å². The molecule has 0 saturated carbocycles. The molecular formula is C24H23F2N7O2. The number of benzene rings is 1. The maximum Gasteiger partial charge on any atom is 0.202 e. The highest BCUT2D eigenvalue weighted by atomic mass is 19.1. The lowest BCUT2D eigenvalue weighted by atomic mass is 10.0. The van der Waals surface area contributed by atoms with Crippen molar-refractivity contribution >= 4 is 6.21 Å². The number of pyridine rings is 1. The molecule has 0 bridgehead atoms. The number of aryl methyl sites for hydroxylation is 1. The summed E-state index contributed by atoms with van der Waals surface area (Å²) in [5.74, 6) is -1.00. The topological polar surface area (TPSA) is 103 Å². The van der Waals surface area contributed by atoms with E-state index < -0.39 is 24.0 Å². The van der Waals surface area contributed by atoms with Crippen molar-refractivity contribution in [2.75, 3.05) is 13.1 Å². The van der Waals surface area contributed by atoms with Gasteiger partial charge in [-0.05, 0) is 36.8 Å². The molecule has 0 radical (unpaired) electrons. The number of aliphatic hydroxyl groups excluding tert-OH is 1. The Morgan fingerprint density at radius 2 is 2.09 bits per heavy atom. The molecule has 0 spiro atoms. The predicted molar refractivity (Wildman–Crippen MR) is 122 cm³/mol. The number of aromatic nitrogens is 3. The van der Waals surface area contributed by atoms with E-state index in [0.29, 0.717) is 37.3 Å². The summed E-state index contributed by atoms with van der Waals surface area (Å²) in [5.41, 5.74) is 2.08. The van der Waals surface area contributed by atoms with E-state index >= 15 is 0 Å². The van der Waals surface area contributed by atoms with Gasteiger partial charge in [0.05, 0.1) is 35.3 Å². The maximum atomic E-state index is 14.4. The van der Waals surface area contributed by atoms with Gasteiger partial charge in [0.25, 0.3) is 0 Å². The van der Waals surface area contributed by atoms with E-state index in [1.165, 1.54) is 11.1 Å². The second-order valence-electron chi connectivity index (χ2n) is 8.39. The number of aliphatic hydroxyl groups is 1. The Bertz CT molecular complexity index is 1300. The highest BCUT2D eigenvalue weighted by Gasteiger charge is 2.39. The number of halogens is 2. The van der Waals surface area contributed by atoms with Crippen LogP contribution in [0.3, 0.4) is 0 Å². The van der Waals surface area contributed by atoms with Gasteiger partial charge in [-0.1, -0.05) is 0 Å². The molecule has 180 valence electrons. The SMILES string of the molecule is CCn1nccc1-c1cc(OC2CN(C(O)N3N=CC[C@H]3c3cc(F)cc(C#N)c3)C2)c(F)cn1. The summed E-state index contributed by atoms with van der Waals surface area (Å²) in [7, 11) is 0. The number of ether oxygens (including phenoxy) is 1. The summed E-state index contributed by atoms with van der Waals surface area (Å²) in [5, 5.41) is 30.0. The summed E-state index contributed by atoms with van der Waals surface area (Å²) < 4.78 is 36.0. The second kappa shape index (κ2) is 9.40. The fourth-order valence-electron chi connectivity index (χ4n) is 4.34. The molecule has 2 aromatic heterocycles. The number of rotatable bonds is 7. The molecule has 2 atom stereocenters. The summed E-state index contributed by atoms with van der Waals surface area (Å²) in [6.45, 7) is 3.30. The zero-order chi connectivity index (χ0) is 24.5. The van der Waals surface area contributed by atoms with Crippen molar-refractivity contribution in [3.05, 3.63) is 65.5 Å². The van der Waals surface area contributed by atoms with Gasteiger partial charge >= 0.3 is 0 Å². The van der Waals surface area contributed by atoms with Crippen LogP contribution in [-0.2, 0) is 6.54 Å². The summed E-state index contributed by atoms with van der Waals surface area (Å²) in [4.78, 5) is 5.88. The van der Waals surface area contributed by atoms with Gasteiger partial charge in [0.1, 0.15) is 11.9 Å². The van der Waals surface area contributed by atoms with Crippen LogP contribution in [-0.4, -0.2) is 61.5 Å². The molecule has 3 aromatic rings. The van der Waals surface area contributed by atoms with Gasteiger partial charge in [-0.3, -0.25) is 14.6 Å². The fourth-order valence-corrected chi connectivity index (χ4v) is 4.34. The molecular weight excluding hydrogens is 456 g/mol. The number of likely N-dealkylation sites (tertiary alicyclic amines) is 1. The van der Waals surface area contributed by atoms with E-state index in [1.54, 1.807) is 40.2 Å². The first-order chi connectivity index (χ1) is 17.0. The van der Waals surface area contributed by atoms with Crippen LogP contribution >= 0.6 is 0 Å². The molecule has 11 heteroatoms. The molecule has 1 N–H and O–H groups in total. The van der Waals surface area contributed by atoms with Crippen LogP contribution < -0.4 is 4.74 Å². The van der Waals surface area contributed by atoms with Crippen molar-refractivity contribution in [1.29, 1.82) is 5.26 Å². The first-order valence-corrected chi connectivity index (χ1v) is 11.2. The Morgan fingerprint density at radius 3 is 2.86 bits per heavy atom. The number of hydrogen-bond donors (Lipinski definition) is 1. The Balaban J connectivity index is 1.24. The van der Waals surface area contributed by atoms with Crippen LogP contribution in [0.5, 0.6) is 5.75 Å². The average molecular weight is 479 g/mol. The van der Waals surface area contributed by atoms with Gasteiger partial charge in [0.15, 0.2) is 11.6 Å². The molecule has 9 nitrogen and oxygen atoms in total. The highest BCUT2D eigenvalue weighted by molar-refractivity contribution is 5.61. The number of hydrogen-bond acceptors (Lipinski definition) is 8. The third kappa shape index (κ3) is 4.45. The molecule has 5 rings (SSSR count). The summed E-state index contributed by atoms with van der Waals surface area (Å²) >= 11 is 0. The normalized spacial score (nSPS) is 18.9. The zero-order valence-electron chi connectivity index (χ0n) is 18.9. The largest absolute Gasteiger partial charge is 0.485 e. The van der Waals surface area contributed by atoms with E-state index in [0.717, 1.165) is 18.0 Å². The van der Waals surface area contributed by atoms with Gasteiger partial charge in [0, 0.05) is 44.5 Å². The van der Waals surface area contributed by atoms with E-state index in [9.17, 15) is 13.9 Å². The van der Waals surface area contributed by atoms with Gasteiger partial charge in [-0.25, -0.2) is 13.8 Å². The zero-order valence-corrected chi connectivity index (χ0v) is 18.9. The minimum Gasteiger partial charge on any atom is -0.485 e. The Kier molecular flexibility index (Phi) is 6.15. The number of hydrazone groups is 1. The Morgan fingerprint density at radius 1 is 1.26 bits per heavy atom. The van der Waals surface area contributed by atoms with Gasteiger partial charge in [0.2, 0.25) is 6.35 Å². The molecule has 1 aromatic carbocycles. The number of nitrogens with zero attached hydrogens (tertiary/aromatic N) is 7. The van der Waals surface area contributed by atoms with E-state index in [1.807, 2.05) is 13.0 Å². The van der Waals surface area contributed by atoms with Crippen molar-refractivity contribution in [3.8, 4) is 23.2 Å². The molecule has 2 aliphatic rings. The first-order valence-electron chi connectivity index (χ1n) is 11.2. The predicted octanol–water partition coefficient (Wildman–Crippen LogP) is 2.89. The molecule has 4 heterocycles. The molecule has 0 amide bonds. The van der Waals surface area contributed by atoms with E-state index in [2.05, 4.69) is 15.2 Å². The molecule has 0 aliphatic carbocycles. The Hall–Kier alpha value is -3.88. The average Bonchev–Trinajstić information content (AvgIpc) is 3.51. The van der Waals surface area contributed by atoms with Crippen LogP contribution in [0.15, 0.2) is 47.8 Å². The maximum absolute atomic E-state index is 14.4. The highest BCUT2D eigenvalue weighted by Crippen LogP contribution is 2.33. The van der Waals surface area contributed by atoms with Crippen LogP contribution in [0.25, 0.3) is 11.4 Å². The van der Waals surface area contributed by atoms with Crippen molar-refractivity contribution in [3.63, 3.8) is 0 Å². The first kappa shape index (κ1) is 22.9. The summed E-state index contributed by atoms with van der Waals surface area (Å²) in [6.07, 6.45) is 3.49. The van der Waals surface area contributed by atoms with Crippen molar-refractivity contribution < 1.29 is 18.6 Å². The monoisotopic (exact) mass is 479 g/mol. The van der Waals surface area contributed by atoms with Crippen LogP contribution in [0.2, 0.25) is 0 Å². The third-order valence-corrected chi connectivity index (χ3v) is 6.13. The molecule has 1 unspecified atom stereocenters. The van der Waals surface area contributed by atoms with Crippen LogP contribution in [0.1, 0.15) is 30.5 Å². The van der Waals surface area contributed by atoms with Crippen molar-refractivity contribution in [2.45, 2.75) is 38.4 Å². The molecule has 35 heavy (non-hydrogen) atoms. The lowest BCUT2D eigenvalue weighted by Crippen LogP contribution is -2.61. The molecule has 1 fully saturated rings. The minimum atomic E-state index is -1.08. The van der Waals surface area contributed by atoms with Gasteiger partial charge < -0.3 is 9.84 Å². The van der Waals surface area contributed by atoms with E-state index in [4.69, 9.17) is 10.00 Å². The van der Waals surface area contributed by atoms with E-state index in [-0.39, 0.29) is 17.4 Å². The minimum absolute atomic E-state index is 0.0823. The third-order valence-electron chi connectivity index (χ3n) is 6.13. The van der Waals surface area contributed by atoms with Crippen molar-refractivity contribution in [2.24, 2.45) is 5.10 Å². The standard InChI is InChI=1S/C24H23F2N7O2/c1-2-32-22(4-5-29-32)20-10-23(19(26)12-28-20)35-18-13-31(14-18)24(34)33-21(3-6-30-33)16-7-15(11-27)8-17(25)9-16/h4-10,12,18,21,24,34H,2-3,13-14H2,1H3/t21-,24?/m0/s1.